The fourth-order valence-corrected chi connectivity index (χ4v) is 7.23. The molecule has 3 saturated heterocycles. The van der Waals surface area contributed by atoms with Crippen LogP contribution in [0.3, 0.4) is 0 Å². The molecule has 3 fully saturated rings. The molecule has 8 nitrogen and oxygen atoms in total. The van der Waals surface area contributed by atoms with Crippen LogP contribution in [0.15, 0.2) is 54.6 Å². The number of ether oxygens (including phenoxy) is 5. The van der Waals surface area contributed by atoms with E-state index in [1.807, 2.05) is 45.9 Å². The first-order chi connectivity index (χ1) is 15.6. The third kappa shape index (κ3) is 4.32. The van der Waals surface area contributed by atoms with Gasteiger partial charge in [-0.3, -0.25) is 4.57 Å². The van der Waals surface area contributed by atoms with E-state index in [0.717, 1.165) is 0 Å². The fourth-order valence-electron chi connectivity index (χ4n) is 4.61. The average Bonchev–Trinajstić information content (AvgIpc) is 3.30. The smallest absolute Gasteiger partial charge is 0.274 e. The molecular weight excluding hydrogens is 445 g/mol. The highest BCUT2D eigenvalue weighted by Crippen LogP contribution is 2.61. The Hall–Kier alpha value is -1.93. The average molecular weight is 475 g/mol. The Labute approximate surface area is 193 Å². The monoisotopic (exact) mass is 475 g/mol. The van der Waals surface area contributed by atoms with E-state index in [0.29, 0.717) is 23.3 Å². The molecule has 0 radical (unpaired) electrons. The van der Waals surface area contributed by atoms with Crippen molar-refractivity contribution in [2.75, 3.05) is 12.3 Å². The summed E-state index contributed by atoms with van der Waals surface area (Å²) < 4.78 is 51.9. The van der Waals surface area contributed by atoms with Gasteiger partial charge in [0.2, 0.25) is 5.85 Å². The van der Waals surface area contributed by atoms with Gasteiger partial charge in [0.05, 0.1) is 6.61 Å². The van der Waals surface area contributed by atoms with Gasteiger partial charge < -0.3 is 33.9 Å². The van der Waals surface area contributed by atoms with Crippen LogP contribution in [-0.4, -0.2) is 48.4 Å². The third-order valence-corrected chi connectivity index (χ3v) is 8.68. The molecule has 1 unspecified atom stereocenters. The normalized spacial score (nSPS) is 36.9. The quantitative estimate of drug-likeness (QED) is 0.529. The number of nitrogen functional groups attached to an aromatic ring is 1. The third-order valence-electron chi connectivity index (χ3n) is 6.03. The largest absolute Gasteiger partial charge is 0.477 e. The van der Waals surface area contributed by atoms with Crippen molar-refractivity contribution in [3.63, 3.8) is 0 Å². The van der Waals surface area contributed by atoms with Gasteiger partial charge in [-0.1, -0.05) is 18.2 Å². The van der Waals surface area contributed by atoms with Gasteiger partial charge in [-0.2, -0.15) is 0 Å². The second-order valence-electron chi connectivity index (χ2n) is 9.51. The lowest BCUT2D eigenvalue weighted by atomic mass is 10.0. The van der Waals surface area contributed by atoms with E-state index in [9.17, 15) is 4.57 Å². The summed E-state index contributed by atoms with van der Waals surface area (Å²) in [4.78, 5) is 0. The molecule has 3 aliphatic rings. The van der Waals surface area contributed by atoms with Gasteiger partial charge >= 0.3 is 0 Å². The number of hydrogen-bond acceptors (Lipinski definition) is 8. The highest BCUT2D eigenvalue weighted by Gasteiger charge is 2.64. The highest BCUT2D eigenvalue weighted by atomic mass is 31.2. The number of hydrogen-bond donors (Lipinski definition) is 1. The first-order valence-electron chi connectivity index (χ1n) is 11.1. The first kappa shape index (κ1) is 22.8. The Morgan fingerprint density at radius 2 is 1.55 bits per heavy atom. The summed E-state index contributed by atoms with van der Waals surface area (Å²) in [6.07, 6.45) is -2.36. The van der Waals surface area contributed by atoms with E-state index in [-0.39, 0.29) is 0 Å². The number of fused-ring (bicyclic) bond motifs is 1. The van der Waals surface area contributed by atoms with Crippen LogP contribution in [0.1, 0.15) is 27.7 Å². The van der Waals surface area contributed by atoms with Crippen molar-refractivity contribution >= 4 is 18.4 Å². The zero-order valence-electron chi connectivity index (χ0n) is 19.2. The number of benzene rings is 2. The minimum Gasteiger partial charge on any atom is -0.477 e. The lowest BCUT2D eigenvalue weighted by Gasteiger charge is -2.43. The summed E-state index contributed by atoms with van der Waals surface area (Å²) in [6.45, 7) is 7.63. The van der Waals surface area contributed by atoms with Crippen LogP contribution in [0.2, 0.25) is 0 Å². The van der Waals surface area contributed by atoms with Crippen LogP contribution in [0.4, 0.5) is 5.69 Å². The molecule has 0 saturated carbocycles. The van der Waals surface area contributed by atoms with Crippen LogP contribution in [-0.2, 0) is 28.0 Å². The summed E-state index contributed by atoms with van der Waals surface area (Å²) in [6, 6.07) is 16.0. The molecule has 0 aromatic heterocycles. The second kappa shape index (κ2) is 8.08. The maximum atomic E-state index is 14.7. The molecule has 5 rings (SSSR count). The molecular formula is C24H30NO7P. The van der Waals surface area contributed by atoms with Crippen molar-refractivity contribution in [2.45, 2.75) is 69.5 Å². The summed E-state index contributed by atoms with van der Waals surface area (Å²) in [5.41, 5.74) is 6.44. The van der Waals surface area contributed by atoms with E-state index in [1.165, 1.54) is 0 Å². The molecule has 2 aromatic carbocycles. The standard InChI is InChI=1S/C24H30NO7P/c1-23(2)27-14-18(29-23)19-20-21(31-24(3,4)30-20)22(28-16-12-10-15(25)11-13-16)33(26,32-19)17-8-6-5-7-9-17/h5-13,18-22H,14,25H2,1-4H3/t18-,19-,20+,21+,22-,33?/m1/s1. The van der Waals surface area contributed by atoms with Crippen LogP contribution in [0.25, 0.3) is 0 Å². The van der Waals surface area contributed by atoms with Crippen molar-refractivity contribution in [1.82, 2.24) is 0 Å². The van der Waals surface area contributed by atoms with Crippen LogP contribution in [0.5, 0.6) is 5.75 Å². The second-order valence-corrected chi connectivity index (χ2v) is 11.9. The Balaban J connectivity index is 1.57. The SMILES string of the molecule is CC1(C)O[C@H]2[C@@H]([C@H]3COC(C)(C)O3)OP(=O)(c3ccccc3)[C@@H](Oc3ccc(N)cc3)[C@H]2O1. The van der Waals surface area contributed by atoms with Crippen molar-refractivity contribution in [2.24, 2.45) is 0 Å². The summed E-state index contributed by atoms with van der Waals surface area (Å²) >= 11 is 0. The molecule has 2 aromatic rings. The summed E-state index contributed by atoms with van der Waals surface area (Å²) in [7, 11) is -3.62. The van der Waals surface area contributed by atoms with Crippen molar-refractivity contribution < 1.29 is 32.8 Å². The molecule has 2 N–H and O–H groups in total. The van der Waals surface area contributed by atoms with E-state index in [2.05, 4.69) is 0 Å². The minimum absolute atomic E-state index is 0.295. The predicted octanol–water partition coefficient (Wildman–Crippen LogP) is 3.65. The molecule has 3 heterocycles. The molecule has 0 aliphatic carbocycles. The summed E-state index contributed by atoms with van der Waals surface area (Å²) in [5.74, 6) is -2.10. The zero-order valence-corrected chi connectivity index (χ0v) is 20.1. The Morgan fingerprint density at radius 3 is 2.18 bits per heavy atom. The van der Waals surface area contributed by atoms with Gasteiger partial charge in [0.1, 0.15) is 30.2 Å². The van der Waals surface area contributed by atoms with Gasteiger partial charge in [-0.05, 0) is 64.1 Å². The molecule has 9 heteroatoms. The van der Waals surface area contributed by atoms with Crippen LogP contribution < -0.4 is 15.8 Å². The number of anilines is 1. The molecule has 0 amide bonds. The zero-order chi connectivity index (χ0) is 23.4. The van der Waals surface area contributed by atoms with E-state index >= 15 is 0 Å². The van der Waals surface area contributed by atoms with E-state index in [4.69, 9.17) is 33.9 Å². The maximum Gasteiger partial charge on any atom is 0.274 e. The predicted molar refractivity (Wildman–Crippen MR) is 123 cm³/mol. The Bertz CT molecular complexity index is 1040. The topological polar surface area (TPSA) is 98.5 Å². The van der Waals surface area contributed by atoms with Crippen molar-refractivity contribution in [1.29, 1.82) is 0 Å². The molecule has 0 bridgehead atoms. The van der Waals surface area contributed by atoms with Gasteiger partial charge in [0.25, 0.3) is 7.37 Å². The van der Waals surface area contributed by atoms with Crippen molar-refractivity contribution in [3.8, 4) is 5.75 Å². The van der Waals surface area contributed by atoms with Gasteiger partial charge in [0, 0.05) is 11.0 Å². The van der Waals surface area contributed by atoms with Gasteiger partial charge in [-0.15, -0.1) is 0 Å². The lowest BCUT2D eigenvalue weighted by molar-refractivity contribution is -0.174. The molecule has 6 atom stereocenters. The Kier molecular flexibility index (Phi) is 5.59. The van der Waals surface area contributed by atoms with Crippen molar-refractivity contribution in [3.05, 3.63) is 54.6 Å². The molecule has 178 valence electrons. The molecule has 3 aliphatic heterocycles. The maximum absolute atomic E-state index is 14.7. The van der Waals surface area contributed by atoms with E-state index in [1.54, 1.807) is 36.4 Å². The number of nitrogens with two attached hydrogens (primary N) is 1. The Morgan fingerprint density at radius 1 is 0.879 bits per heavy atom. The lowest BCUT2D eigenvalue weighted by Crippen LogP contribution is -2.56. The number of rotatable bonds is 4. The fraction of sp³-hybridized carbons (Fsp3) is 0.500. The van der Waals surface area contributed by atoms with Gasteiger partial charge in [-0.25, -0.2) is 0 Å². The summed E-state index contributed by atoms with van der Waals surface area (Å²) in [5, 5.41) is 0.542. The molecule has 33 heavy (non-hydrogen) atoms. The van der Waals surface area contributed by atoms with Gasteiger partial charge in [0.15, 0.2) is 11.6 Å². The van der Waals surface area contributed by atoms with Crippen LogP contribution in [0, 0.1) is 0 Å². The van der Waals surface area contributed by atoms with E-state index < -0.39 is 49.2 Å². The highest BCUT2D eigenvalue weighted by molar-refractivity contribution is 7.67. The van der Waals surface area contributed by atoms with Crippen LogP contribution >= 0.6 is 7.37 Å². The first-order valence-corrected chi connectivity index (χ1v) is 12.8. The minimum atomic E-state index is -3.62. The molecule has 0 spiro atoms.